The molecule has 2 aromatic rings. The quantitative estimate of drug-likeness (QED) is 0.942. The first-order valence-corrected chi connectivity index (χ1v) is 8.16. The zero-order valence-corrected chi connectivity index (χ0v) is 12.1. The molecule has 6 heteroatoms. The summed E-state index contributed by atoms with van der Waals surface area (Å²) in [6, 6.07) is 7.61. The molecule has 106 valence electrons. The lowest BCUT2D eigenvalue weighted by atomic mass is 9.93. The fourth-order valence-electron chi connectivity index (χ4n) is 2.15. The first kappa shape index (κ1) is 13.2. The second-order valence-electron chi connectivity index (χ2n) is 5.21. The van der Waals surface area contributed by atoms with Crippen molar-refractivity contribution in [1.82, 2.24) is 9.78 Å². The van der Waals surface area contributed by atoms with Crippen molar-refractivity contribution < 1.29 is 8.42 Å². The van der Waals surface area contributed by atoms with Gasteiger partial charge in [-0.1, -0.05) is 17.7 Å². The smallest absolute Gasteiger partial charge is 0.265 e. The van der Waals surface area contributed by atoms with Crippen LogP contribution in [-0.2, 0) is 10.0 Å². The minimum atomic E-state index is -3.56. The van der Waals surface area contributed by atoms with E-state index in [1.807, 2.05) is 19.1 Å². The van der Waals surface area contributed by atoms with Gasteiger partial charge in [-0.3, -0.25) is 9.40 Å². The number of nitrogens with zero attached hydrogens (tertiary/aromatic N) is 2. The predicted octanol–water partition coefficient (Wildman–Crippen LogP) is 2.72. The number of rotatable bonds is 4. The minimum absolute atomic E-state index is 0.213. The molecule has 1 fully saturated rings. The molecule has 5 nitrogen and oxygen atoms in total. The van der Waals surface area contributed by atoms with E-state index in [1.165, 1.54) is 12.6 Å². The Balaban J connectivity index is 1.80. The Hall–Kier alpha value is -1.82. The molecule has 1 aliphatic rings. The summed E-state index contributed by atoms with van der Waals surface area (Å²) in [7, 11) is -3.56. The molecular weight excluding hydrogens is 274 g/mol. The van der Waals surface area contributed by atoms with E-state index in [1.54, 1.807) is 23.0 Å². The molecule has 1 aliphatic carbocycles. The second-order valence-corrected chi connectivity index (χ2v) is 6.89. The van der Waals surface area contributed by atoms with Crippen molar-refractivity contribution in [3.05, 3.63) is 42.2 Å². The average Bonchev–Trinajstić information content (AvgIpc) is 2.80. The summed E-state index contributed by atoms with van der Waals surface area (Å²) >= 11 is 0. The second kappa shape index (κ2) is 4.94. The molecule has 0 radical (unpaired) electrons. The number of hydrogen-bond donors (Lipinski definition) is 1. The maximum Gasteiger partial charge on any atom is 0.265 e. The number of aryl methyl sites for hydroxylation is 1. The third-order valence-corrected chi connectivity index (χ3v) is 4.98. The Morgan fingerprint density at radius 3 is 2.55 bits per heavy atom. The van der Waals surface area contributed by atoms with Gasteiger partial charge in [-0.05, 0) is 38.3 Å². The van der Waals surface area contributed by atoms with E-state index in [4.69, 9.17) is 0 Å². The van der Waals surface area contributed by atoms with Gasteiger partial charge in [0.05, 0.1) is 12.2 Å². The third kappa shape index (κ3) is 2.56. The summed E-state index contributed by atoms with van der Waals surface area (Å²) in [6.07, 6.45) is 6.36. The van der Waals surface area contributed by atoms with Crippen molar-refractivity contribution in [2.75, 3.05) is 4.72 Å². The van der Waals surface area contributed by atoms with Crippen LogP contribution in [0.15, 0.2) is 41.6 Å². The predicted molar refractivity (Wildman–Crippen MR) is 77.1 cm³/mol. The van der Waals surface area contributed by atoms with Gasteiger partial charge < -0.3 is 0 Å². The van der Waals surface area contributed by atoms with Crippen molar-refractivity contribution >= 4 is 15.7 Å². The van der Waals surface area contributed by atoms with Gasteiger partial charge in [0.2, 0.25) is 0 Å². The lowest BCUT2D eigenvalue weighted by Crippen LogP contribution is -2.17. The van der Waals surface area contributed by atoms with Crippen molar-refractivity contribution in [3.8, 4) is 0 Å². The molecule has 0 atom stereocenters. The van der Waals surface area contributed by atoms with E-state index in [-0.39, 0.29) is 4.90 Å². The molecule has 1 aromatic carbocycles. The minimum Gasteiger partial charge on any atom is -0.280 e. The highest BCUT2D eigenvalue weighted by Crippen LogP contribution is 2.31. The SMILES string of the molecule is Cc1ccc(NS(=O)(=O)c2cnn(C3CCC3)c2)cc1. The van der Waals surface area contributed by atoms with E-state index < -0.39 is 10.0 Å². The van der Waals surface area contributed by atoms with Crippen LogP contribution >= 0.6 is 0 Å². The van der Waals surface area contributed by atoms with E-state index >= 15 is 0 Å². The van der Waals surface area contributed by atoms with Crippen molar-refractivity contribution in [3.63, 3.8) is 0 Å². The molecule has 3 rings (SSSR count). The van der Waals surface area contributed by atoms with Gasteiger partial charge >= 0.3 is 0 Å². The zero-order valence-electron chi connectivity index (χ0n) is 11.3. The van der Waals surface area contributed by atoms with Crippen molar-refractivity contribution in [1.29, 1.82) is 0 Å². The molecule has 1 heterocycles. The third-order valence-electron chi connectivity index (χ3n) is 3.64. The van der Waals surface area contributed by atoms with Gasteiger partial charge in [0.15, 0.2) is 0 Å². The van der Waals surface area contributed by atoms with Gasteiger partial charge in [0.1, 0.15) is 4.90 Å². The topological polar surface area (TPSA) is 64.0 Å². The normalized spacial score (nSPS) is 15.8. The fraction of sp³-hybridized carbons (Fsp3) is 0.357. The molecule has 20 heavy (non-hydrogen) atoms. The Bertz CT molecular complexity index is 700. The summed E-state index contributed by atoms with van der Waals surface area (Å²) in [4.78, 5) is 0.213. The number of aromatic nitrogens is 2. The fourth-order valence-corrected chi connectivity index (χ4v) is 3.14. The van der Waals surface area contributed by atoms with Crippen LogP contribution in [0, 0.1) is 6.92 Å². The Kier molecular flexibility index (Phi) is 3.25. The van der Waals surface area contributed by atoms with E-state index in [2.05, 4.69) is 9.82 Å². The largest absolute Gasteiger partial charge is 0.280 e. The first-order valence-electron chi connectivity index (χ1n) is 6.68. The van der Waals surface area contributed by atoms with Crippen LogP contribution in [0.3, 0.4) is 0 Å². The highest BCUT2D eigenvalue weighted by Gasteiger charge is 2.23. The van der Waals surface area contributed by atoms with Crippen LogP contribution in [0.25, 0.3) is 0 Å². The highest BCUT2D eigenvalue weighted by atomic mass is 32.2. The molecule has 1 aromatic heterocycles. The lowest BCUT2D eigenvalue weighted by molar-refractivity contribution is 0.289. The summed E-state index contributed by atoms with van der Waals surface area (Å²) < 4.78 is 28.9. The van der Waals surface area contributed by atoms with Crippen LogP contribution in [-0.4, -0.2) is 18.2 Å². The molecule has 0 saturated heterocycles. The lowest BCUT2D eigenvalue weighted by Gasteiger charge is -2.25. The molecule has 0 unspecified atom stereocenters. The van der Waals surface area contributed by atoms with Crippen LogP contribution in [0.5, 0.6) is 0 Å². The average molecular weight is 291 g/mol. The van der Waals surface area contributed by atoms with Crippen LogP contribution in [0.2, 0.25) is 0 Å². The number of anilines is 1. The van der Waals surface area contributed by atoms with Gasteiger partial charge in [-0.15, -0.1) is 0 Å². The van der Waals surface area contributed by atoms with E-state index in [0.717, 1.165) is 18.4 Å². The van der Waals surface area contributed by atoms with Crippen LogP contribution in [0.4, 0.5) is 5.69 Å². The molecule has 1 saturated carbocycles. The Morgan fingerprint density at radius 2 is 1.95 bits per heavy atom. The maximum absolute atomic E-state index is 12.3. The number of nitrogens with one attached hydrogen (secondary N) is 1. The molecular formula is C14H17N3O2S. The molecule has 0 bridgehead atoms. The Labute approximate surface area is 118 Å². The molecule has 0 amide bonds. The Morgan fingerprint density at radius 1 is 1.25 bits per heavy atom. The number of sulfonamides is 1. The van der Waals surface area contributed by atoms with E-state index in [0.29, 0.717) is 11.7 Å². The van der Waals surface area contributed by atoms with Gasteiger partial charge in [-0.25, -0.2) is 8.42 Å². The molecule has 1 N–H and O–H groups in total. The van der Waals surface area contributed by atoms with Gasteiger partial charge in [0, 0.05) is 11.9 Å². The van der Waals surface area contributed by atoms with Crippen molar-refractivity contribution in [2.24, 2.45) is 0 Å². The number of benzene rings is 1. The summed E-state index contributed by atoms with van der Waals surface area (Å²) in [5.41, 5.74) is 1.65. The molecule has 0 aliphatic heterocycles. The van der Waals surface area contributed by atoms with Gasteiger partial charge in [-0.2, -0.15) is 5.10 Å². The standard InChI is InChI=1S/C14H17N3O2S/c1-11-5-7-12(8-6-11)16-20(18,19)14-9-15-17(10-14)13-3-2-4-13/h5-10,13,16H,2-4H2,1H3. The maximum atomic E-state index is 12.3. The van der Waals surface area contributed by atoms with Crippen LogP contribution < -0.4 is 4.72 Å². The summed E-state index contributed by atoms with van der Waals surface area (Å²) in [5.74, 6) is 0. The molecule has 0 spiro atoms. The van der Waals surface area contributed by atoms with Gasteiger partial charge in [0.25, 0.3) is 10.0 Å². The highest BCUT2D eigenvalue weighted by molar-refractivity contribution is 7.92. The number of hydrogen-bond acceptors (Lipinski definition) is 3. The first-order chi connectivity index (χ1) is 9.54. The summed E-state index contributed by atoms with van der Waals surface area (Å²) in [6.45, 7) is 1.96. The zero-order chi connectivity index (χ0) is 14.2. The van der Waals surface area contributed by atoms with E-state index in [9.17, 15) is 8.42 Å². The summed E-state index contributed by atoms with van der Waals surface area (Å²) in [5, 5.41) is 4.16. The van der Waals surface area contributed by atoms with Crippen LogP contribution in [0.1, 0.15) is 30.9 Å². The monoisotopic (exact) mass is 291 g/mol. The van der Waals surface area contributed by atoms with Crippen molar-refractivity contribution in [2.45, 2.75) is 37.1 Å².